The number of aromatic nitrogens is 1. The van der Waals surface area contributed by atoms with E-state index in [1.165, 1.54) is 0 Å². The maximum absolute atomic E-state index is 10.3. The fourth-order valence-corrected chi connectivity index (χ4v) is 2.25. The van der Waals surface area contributed by atoms with Crippen molar-refractivity contribution in [2.45, 2.75) is 18.4 Å². The quantitative estimate of drug-likeness (QED) is 0.917. The average Bonchev–Trinajstić information content (AvgIpc) is 2.46. The van der Waals surface area contributed by atoms with E-state index in [0.29, 0.717) is 32.7 Å². The van der Waals surface area contributed by atoms with Crippen LogP contribution in [0.4, 0.5) is 0 Å². The summed E-state index contributed by atoms with van der Waals surface area (Å²) in [6.07, 6.45) is 3.01. The summed E-state index contributed by atoms with van der Waals surface area (Å²) >= 11 is 0. The van der Waals surface area contributed by atoms with Crippen molar-refractivity contribution < 1.29 is 14.6 Å². The molecule has 2 heterocycles. The summed E-state index contributed by atoms with van der Waals surface area (Å²) in [6, 6.07) is 9.71. The van der Waals surface area contributed by atoms with E-state index in [4.69, 9.17) is 9.47 Å². The second-order valence-electron chi connectivity index (χ2n) is 4.98. The van der Waals surface area contributed by atoms with Gasteiger partial charge in [0.2, 0.25) is 0 Å². The number of nitrogens with zero attached hydrogens (tertiary/aromatic N) is 1. The summed E-state index contributed by atoms with van der Waals surface area (Å²) in [7, 11) is 0. The lowest BCUT2D eigenvalue weighted by atomic mass is 9.96. The maximum atomic E-state index is 10.3. The van der Waals surface area contributed by atoms with Crippen molar-refractivity contribution in [2.24, 2.45) is 0 Å². The van der Waals surface area contributed by atoms with Gasteiger partial charge < -0.3 is 14.6 Å². The van der Waals surface area contributed by atoms with Crippen molar-refractivity contribution in [2.75, 3.05) is 19.8 Å². The largest absolute Gasteiger partial charge is 0.491 e. The van der Waals surface area contributed by atoms with Crippen molar-refractivity contribution in [3.05, 3.63) is 36.5 Å². The van der Waals surface area contributed by atoms with Crippen LogP contribution in [0.3, 0.4) is 0 Å². The molecular weight excluding hydrogens is 242 g/mol. The first kappa shape index (κ1) is 12.4. The Morgan fingerprint density at radius 1 is 1.26 bits per heavy atom. The first-order valence-electron chi connectivity index (χ1n) is 6.53. The van der Waals surface area contributed by atoms with Crippen LogP contribution in [0.1, 0.15) is 12.8 Å². The summed E-state index contributed by atoms with van der Waals surface area (Å²) < 4.78 is 11.0. The molecule has 1 saturated heterocycles. The fraction of sp³-hybridized carbons (Fsp3) is 0.400. The number of rotatable bonds is 3. The van der Waals surface area contributed by atoms with Gasteiger partial charge in [-0.15, -0.1) is 0 Å². The second kappa shape index (κ2) is 5.15. The molecule has 100 valence electrons. The van der Waals surface area contributed by atoms with Gasteiger partial charge in [-0.2, -0.15) is 0 Å². The first-order valence-corrected chi connectivity index (χ1v) is 6.53. The molecule has 1 N–H and O–H groups in total. The molecule has 3 rings (SSSR count). The van der Waals surface area contributed by atoms with E-state index in [2.05, 4.69) is 4.98 Å². The zero-order valence-corrected chi connectivity index (χ0v) is 10.7. The van der Waals surface area contributed by atoms with E-state index >= 15 is 0 Å². The van der Waals surface area contributed by atoms with Crippen molar-refractivity contribution in [1.82, 2.24) is 4.98 Å². The van der Waals surface area contributed by atoms with Crippen LogP contribution in [0.5, 0.6) is 5.75 Å². The molecule has 0 unspecified atom stereocenters. The Balaban J connectivity index is 1.71. The van der Waals surface area contributed by atoms with Gasteiger partial charge in [-0.3, -0.25) is 4.98 Å². The van der Waals surface area contributed by atoms with E-state index in [9.17, 15) is 5.11 Å². The third-order valence-electron chi connectivity index (χ3n) is 3.51. The van der Waals surface area contributed by atoms with Crippen LogP contribution in [0.15, 0.2) is 36.5 Å². The standard InChI is InChI=1S/C15H17NO3/c17-15(5-8-18-9-6-15)11-19-13-4-3-12-2-1-7-16-14(12)10-13/h1-4,7,10,17H,5-6,8-9,11H2. The summed E-state index contributed by atoms with van der Waals surface area (Å²) in [5, 5.41) is 11.4. The van der Waals surface area contributed by atoms with E-state index < -0.39 is 5.60 Å². The molecule has 0 radical (unpaired) electrons. The molecule has 0 aliphatic carbocycles. The van der Waals surface area contributed by atoms with Gasteiger partial charge in [0.05, 0.1) is 5.52 Å². The predicted molar refractivity (Wildman–Crippen MR) is 72.2 cm³/mol. The van der Waals surface area contributed by atoms with Crippen LogP contribution in [-0.2, 0) is 4.74 Å². The van der Waals surface area contributed by atoms with Crippen LogP contribution in [0.25, 0.3) is 10.9 Å². The Bertz CT molecular complexity index is 564. The Labute approximate surface area is 112 Å². The van der Waals surface area contributed by atoms with Gasteiger partial charge in [-0.1, -0.05) is 6.07 Å². The Hall–Kier alpha value is -1.65. The molecule has 2 aromatic rings. The van der Waals surface area contributed by atoms with Gasteiger partial charge in [0.25, 0.3) is 0 Å². The zero-order valence-electron chi connectivity index (χ0n) is 10.7. The third kappa shape index (κ3) is 2.85. The lowest BCUT2D eigenvalue weighted by Crippen LogP contribution is -2.41. The molecule has 4 nitrogen and oxygen atoms in total. The van der Waals surface area contributed by atoms with Crippen LogP contribution in [0.2, 0.25) is 0 Å². The van der Waals surface area contributed by atoms with Crippen LogP contribution in [-0.4, -0.2) is 35.5 Å². The molecule has 4 heteroatoms. The topological polar surface area (TPSA) is 51.6 Å². The van der Waals surface area contributed by atoms with Crippen LogP contribution >= 0.6 is 0 Å². The number of pyridine rings is 1. The van der Waals surface area contributed by atoms with E-state index in [-0.39, 0.29) is 0 Å². The van der Waals surface area contributed by atoms with Crippen molar-refractivity contribution in [3.8, 4) is 5.75 Å². The summed E-state index contributed by atoms with van der Waals surface area (Å²) in [5.74, 6) is 0.742. The molecule has 0 amide bonds. The van der Waals surface area contributed by atoms with E-state index in [1.807, 2.05) is 30.3 Å². The summed E-state index contributed by atoms with van der Waals surface area (Å²) in [5.41, 5.74) is 0.135. The third-order valence-corrected chi connectivity index (χ3v) is 3.51. The SMILES string of the molecule is OC1(COc2ccc3cccnc3c2)CCOCC1. The highest BCUT2D eigenvalue weighted by Crippen LogP contribution is 2.24. The predicted octanol–water partition coefficient (Wildman–Crippen LogP) is 2.16. The maximum Gasteiger partial charge on any atom is 0.121 e. The molecule has 1 fully saturated rings. The molecule has 0 bridgehead atoms. The highest BCUT2D eigenvalue weighted by atomic mass is 16.5. The highest BCUT2D eigenvalue weighted by Gasteiger charge is 2.30. The molecule has 1 aromatic carbocycles. The number of aliphatic hydroxyl groups is 1. The zero-order chi connectivity index (χ0) is 13.1. The van der Waals surface area contributed by atoms with Gasteiger partial charge in [-0.25, -0.2) is 0 Å². The molecule has 1 aromatic heterocycles. The molecule has 0 saturated carbocycles. The molecule has 1 aliphatic rings. The Morgan fingerprint density at radius 3 is 2.95 bits per heavy atom. The minimum Gasteiger partial charge on any atom is -0.491 e. The van der Waals surface area contributed by atoms with Gasteiger partial charge in [-0.05, 0) is 18.2 Å². The summed E-state index contributed by atoms with van der Waals surface area (Å²) in [6.45, 7) is 1.49. The normalized spacial score (nSPS) is 18.4. The smallest absolute Gasteiger partial charge is 0.121 e. The Kier molecular flexibility index (Phi) is 3.36. The number of fused-ring (bicyclic) bond motifs is 1. The lowest BCUT2D eigenvalue weighted by Gasteiger charge is -2.31. The van der Waals surface area contributed by atoms with Crippen LogP contribution in [0, 0.1) is 0 Å². The number of ether oxygens (including phenoxy) is 2. The van der Waals surface area contributed by atoms with Crippen molar-refractivity contribution in [1.29, 1.82) is 0 Å². The van der Waals surface area contributed by atoms with Crippen molar-refractivity contribution >= 4 is 10.9 Å². The molecule has 0 atom stereocenters. The molecular formula is C15H17NO3. The highest BCUT2D eigenvalue weighted by molar-refractivity contribution is 5.79. The van der Waals surface area contributed by atoms with Crippen LogP contribution < -0.4 is 4.74 Å². The molecule has 19 heavy (non-hydrogen) atoms. The lowest BCUT2D eigenvalue weighted by molar-refractivity contribution is -0.0855. The van der Waals surface area contributed by atoms with Gasteiger partial charge in [0, 0.05) is 43.7 Å². The number of hydrogen-bond acceptors (Lipinski definition) is 4. The van der Waals surface area contributed by atoms with Gasteiger partial charge in [0.1, 0.15) is 18.0 Å². The number of benzene rings is 1. The summed E-state index contributed by atoms with van der Waals surface area (Å²) in [4.78, 5) is 4.29. The second-order valence-corrected chi connectivity index (χ2v) is 4.98. The fourth-order valence-electron chi connectivity index (χ4n) is 2.25. The number of hydrogen-bond donors (Lipinski definition) is 1. The van der Waals surface area contributed by atoms with Gasteiger partial charge >= 0.3 is 0 Å². The Morgan fingerprint density at radius 2 is 2.11 bits per heavy atom. The van der Waals surface area contributed by atoms with Gasteiger partial charge in [0.15, 0.2) is 0 Å². The average molecular weight is 259 g/mol. The van der Waals surface area contributed by atoms with Crippen molar-refractivity contribution in [3.63, 3.8) is 0 Å². The minimum absolute atomic E-state index is 0.300. The first-order chi connectivity index (χ1) is 9.25. The molecule has 1 aliphatic heterocycles. The van der Waals surface area contributed by atoms with E-state index in [0.717, 1.165) is 16.7 Å². The van der Waals surface area contributed by atoms with E-state index in [1.54, 1.807) is 6.20 Å². The minimum atomic E-state index is -0.767. The monoisotopic (exact) mass is 259 g/mol. The molecule has 0 spiro atoms.